The molecule has 0 fully saturated rings. The summed E-state index contributed by atoms with van der Waals surface area (Å²) in [6.07, 6.45) is -0.674. The highest BCUT2D eigenvalue weighted by Gasteiger charge is 2.22. The number of benzene rings is 2. The van der Waals surface area contributed by atoms with Crippen molar-refractivity contribution in [2.24, 2.45) is 0 Å². The van der Waals surface area contributed by atoms with Crippen molar-refractivity contribution >= 4 is 35.3 Å². The first-order chi connectivity index (χ1) is 19.2. The highest BCUT2D eigenvalue weighted by molar-refractivity contribution is 6.04. The van der Waals surface area contributed by atoms with E-state index in [1.54, 1.807) is 52.0 Å². The maximum absolute atomic E-state index is 12.9. The van der Waals surface area contributed by atoms with Gasteiger partial charge in [-0.15, -0.1) is 0 Å². The van der Waals surface area contributed by atoms with Crippen LogP contribution in [0.5, 0.6) is 0 Å². The fraction of sp³-hybridized carbons (Fsp3) is 0.419. The van der Waals surface area contributed by atoms with Crippen LogP contribution in [0.25, 0.3) is 0 Å². The van der Waals surface area contributed by atoms with Crippen LogP contribution >= 0.6 is 0 Å². The van der Waals surface area contributed by atoms with Gasteiger partial charge in [-0.3, -0.25) is 15.5 Å². The molecule has 0 radical (unpaired) electrons. The number of anilines is 2. The third-order valence-electron chi connectivity index (χ3n) is 5.71. The second-order valence-corrected chi connectivity index (χ2v) is 10.7. The number of hydrogen-bond acceptors (Lipinski definition) is 7. The first-order valence-electron chi connectivity index (χ1n) is 13.5. The third kappa shape index (κ3) is 10.9. The van der Waals surface area contributed by atoms with Gasteiger partial charge in [0.2, 0.25) is 0 Å². The van der Waals surface area contributed by atoms with E-state index in [4.69, 9.17) is 14.9 Å². The topological polar surface area (TPSA) is 133 Å². The quantitative estimate of drug-likeness (QED) is 0.147. The van der Waals surface area contributed by atoms with Crippen molar-refractivity contribution in [3.63, 3.8) is 0 Å². The predicted molar refractivity (Wildman–Crippen MR) is 161 cm³/mol. The summed E-state index contributed by atoms with van der Waals surface area (Å²) in [4.78, 5) is 38.1. The number of alkyl carbamates (subject to hydrolysis) is 1. The number of amides is 3. The second-order valence-electron chi connectivity index (χ2n) is 10.7. The van der Waals surface area contributed by atoms with Crippen LogP contribution in [0.15, 0.2) is 36.4 Å². The molecule has 0 bridgehead atoms. The molecule has 0 aliphatic rings. The van der Waals surface area contributed by atoms with Crippen LogP contribution in [0.4, 0.5) is 21.0 Å². The van der Waals surface area contributed by atoms with Crippen molar-refractivity contribution in [2.75, 3.05) is 30.3 Å². The number of urea groups is 1. The van der Waals surface area contributed by atoms with Gasteiger partial charge in [0.1, 0.15) is 18.0 Å². The Labute approximate surface area is 242 Å². The number of ether oxygens (including phenoxy) is 2. The molecule has 0 aliphatic carbocycles. The summed E-state index contributed by atoms with van der Waals surface area (Å²) >= 11 is 0. The fourth-order valence-corrected chi connectivity index (χ4v) is 3.63. The molecule has 4 N–H and O–H groups in total. The lowest BCUT2D eigenvalue weighted by atomic mass is 10.0. The lowest BCUT2D eigenvalue weighted by Gasteiger charge is -2.26. The first-order valence-corrected chi connectivity index (χ1v) is 13.5. The zero-order chi connectivity index (χ0) is 30.7. The maximum atomic E-state index is 12.9. The number of aryl methyl sites for hydroxylation is 2. The van der Waals surface area contributed by atoms with Crippen molar-refractivity contribution in [3.8, 4) is 11.8 Å². The van der Waals surface area contributed by atoms with E-state index in [-0.39, 0.29) is 31.1 Å². The highest BCUT2D eigenvalue weighted by atomic mass is 16.6. The molecule has 0 saturated carbocycles. The Bertz CT molecular complexity index is 1320. The Morgan fingerprint density at radius 3 is 2.29 bits per heavy atom. The van der Waals surface area contributed by atoms with Gasteiger partial charge in [-0.2, -0.15) is 0 Å². The number of nitrogens with zero attached hydrogens (tertiary/aromatic N) is 1. The smallest absolute Gasteiger partial charge is 0.413 e. The van der Waals surface area contributed by atoms with E-state index >= 15 is 0 Å². The number of carbonyl (C=O) groups excluding carboxylic acids is 3. The Hall–Kier alpha value is -4.52. The Kier molecular flexibility index (Phi) is 11.8. The molecule has 2 aromatic rings. The monoisotopic (exact) mass is 563 g/mol. The van der Waals surface area contributed by atoms with E-state index in [0.717, 1.165) is 22.4 Å². The Balaban J connectivity index is 1.98. The minimum absolute atomic E-state index is 0.0491. The van der Waals surface area contributed by atoms with Gasteiger partial charge in [-0.1, -0.05) is 11.8 Å². The predicted octanol–water partition coefficient (Wildman–Crippen LogP) is 5.42. The van der Waals surface area contributed by atoms with Crippen LogP contribution in [0, 0.1) is 31.1 Å². The summed E-state index contributed by atoms with van der Waals surface area (Å²) in [5.41, 5.74) is 3.96. The number of rotatable bonds is 8. The van der Waals surface area contributed by atoms with Crippen LogP contribution in [-0.4, -0.2) is 60.2 Å². The zero-order valence-corrected chi connectivity index (χ0v) is 25.2. The number of amidine groups is 1. The summed E-state index contributed by atoms with van der Waals surface area (Å²) in [5, 5.41) is 16.6. The van der Waals surface area contributed by atoms with Gasteiger partial charge in [0.15, 0.2) is 0 Å². The van der Waals surface area contributed by atoms with Crippen molar-refractivity contribution in [3.05, 3.63) is 58.7 Å². The highest BCUT2D eigenvalue weighted by Crippen LogP contribution is 2.21. The van der Waals surface area contributed by atoms with E-state index in [9.17, 15) is 14.4 Å². The van der Waals surface area contributed by atoms with Gasteiger partial charge in [-0.05, 0) is 103 Å². The minimum Gasteiger partial charge on any atom is -0.465 e. The maximum Gasteiger partial charge on any atom is 0.413 e. The molecule has 220 valence electrons. The molecule has 2 aromatic carbocycles. The van der Waals surface area contributed by atoms with Crippen LogP contribution in [-0.2, 0) is 14.3 Å². The SMILES string of the molecule is CCOC(=O)CN(C(=O)Nc1cc(C)c(C#CCNc2ccc(C(=N)NC(=O)OC(C)(C)C)cc2)cc1C)C(C)C. The molecular weight excluding hydrogens is 522 g/mol. The average Bonchev–Trinajstić information content (AvgIpc) is 2.86. The molecule has 0 aromatic heterocycles. The van der Waals surface area contributed by atoms with E-state index in [2.05, 4.69) is 27.8 Å². The summed E-state index contributed by atoms with van der Waals surface area (Å²) in [6.45, 7) is 15.0. The Morgan fingerprint density at radius 2 is 1.71 bits per heavy atom. The van der Waals surface area contributed by atoms with Gasteiger partial charge >= 0.3 is 18.1 Å². The molecule has 10 heteroatoms. The summed E-state index contributed by atoms with van der Waals surface area (Å²) < 4.78 is 10.2. The van der Waals surface area contributed by atoms with Crippen molar-refractivity contribution in [2.45, 2.75) is 67.0 Å². The molecule has 41 heavy (non-hydrogen) atoms. The normalized spacial score (nSPS) is 10.7. The number of hydrogen-bond donors (Lipinski definition) is 4. The van der Waals surface area contributed by atoms with Crippen molar-refractivity contribution in [1.29, 1.82) is 5.41 Å². The lowest BCUT2D eigenvalue weighted by molar-refractivity contribution is -0.144. The molecule has 3 amide bonds. The zero-order valence-electron chi connectivity index (χ0n) is 25.2. The molecule has 0 atom stereocenters. The van der Waals surface area contributed by atoms with E-state index in [1.807, 2.05) is 39.8 Å². The Morgan fingerprint density at radius 1 is 1.05 bits per heavy atom. The molecule has 2 rings (SSSR count). The summed E-state index contributed by atoms with van der Waals surface area (Å²) in [5.74, 6) is 5.77. The summed E-state index contributed by atoms with van der Waals surface area (Å²) in [7, 11) is 0. The largest absolute Gasteiger partial charge is 0.465 e. The van der Waals surface area contributed by atoms with Crippen LogP contribution in [0.3, 0.4) is 0 Å². The van der Waals surface area contributed by atoms with Crippen LogP contribution in [0.1, 0.15) is 63.8 Å². The number of carbonyl (C=O) groups is 3. The van der Waals surface area contributed by atoms with Crippen LogP contribution < -0.4 is 16.0 Å². The van der Waals surface area contributed by atoms with Gasteiger partial charge in [0, 0.05) is 28.5 Å². The number of nitrogens with one attached hydrogen (secondary N) is 4. The summed E-state index contributed by atoms with van der Waals surface area (Å²) in [6, 6.07) is 10.3. The second kappa shape index (κ2) is 14.7. The van der Waals surface area contributed by atoms with Gasteiger partial charge in [0.05, 0.1) is 13.2 Å². The molecule has 0 spiro atoms. The minimum atomic E-state index is -0.674. The number of esters is 1. The lowest BCUT2D eigenvalue weighted by Crippen LogP contribution is -2.43. The van der Waals surface area contributed by atoms with Crippen molar-refractivity contribution < 1.29 is 23.9 Å². The fourth-order valence-electron chi connectivity index (χ4n) is 3.63. The first kappa shape index (κ1) is 32.7. The molecule has 10 nitrogen and oxygen atoms in total. The van der Waals surface area contributed by atoms with Crippen molar-refractivity contribution in [1.82, 2.24) is 10.2 Å². The molecule has 0 heterocycles. The van der Waals surface area contributed by atoms with E-state index in [0.29, 0.717) is 17.8 Å². The molecule has 0 unspecified atom stereocenters. The van der Waals surface area contributed by atoms with E-state index in [1.165, 1.54) is 4.90 Å². The molecule has 0 aliphatic heterocycles. The van der Waals surface area contributed by atoms with Gasteiger partial charge in [0.25, 0.3) is 0 Å². The van der Waals surface area contributed by atoms with Gasteiger partial charge < -0.3 is 25.0 Å². The third-order valence-corrected chi connectivity index (χ3v) is 5.71. The van der Waals surface area contributed by atoms with Gasteiger partial charge in [-0.25, -0.2) is 9.59 Å². The average molecular weight is 564 g/mol. The van der Waals surface area contributed by atoms with E-state index < -0.39 is 17.7 Å². The molecular formula is C31H41N5O5. The standard InChI is InChI=1S/C31H41N5O5/c1-9-40-27(37)19-36(20(2)3)29(38)34-26-18-21(4)24(17-22(26)5)11-10-16-33-25-14-12-23(13-15-25)28(32)35-30(39)41-31(6,7)8/h12-15,17-18,20,33H,9,16,19H2,1-8H3,(H,34,38)(H2,32,35,39). The molecule has 0 saturated heterocycles. The van der Waals surface area contributed by atoms with Crippen LogP contribution in [0.2, 0.25) is 0 Å².